The summed E-state index contributed by atoms with van der Waals surface area (Å²) in [6.07, 6.45) is 2.19. The van der Waals surface area contributed by atoms with Crippen LogP contribution in [0.25, 0.3) is 11.0 Å². The van der Waals surface area contributed by atoms with Crippen molar-refractivity contribution in [1.82, 2.24) is 0 Å². The van der Waals surface area contributed by atoms with E-state index in [-0.39, 0.29) is 11.1 Å². The second kappa shape index (κ2) is 5.27. The lowest BCUT2D eigenvalue weighted by molar-refractivity contribution is 0.597. The molecule has 0 amide bonds. The van der Waals surface area contributed by atoms with E-state index in [2.05, 4.69) is 0 Å². The van der Waals surface area contributed by atoms with E-state index in [1.165, 1.54) is 6.07 Å². The van der Waals surface area contributed by atoms with Crippen molar-refractivity contribution in [2.45, 2.75) is 12.5 Å². The smallest absolute Gasteiger partial charge is 0.142 e. The molecule has 0 aliphatic rings. The fraction of sp³-hybridized carbons (Fsp3) is 0.125. The summed E-state index contributed by atoms with van der Waals surface area (Å²) in [6.45, 7) is 0. The molecule has 2 aromatic carbocycles. The molecule has 0 saturated carbocycles. The highest BCUT2D eigenvalue weighted by atomic mass is 35.5. The van der Waals surface area contributed by atoms with Gasteiger partial charge in [0.15, 0.2) is 0 Å². The van der Waals surface area contributed by atoms with Crippen molar-refractivity contribution in [3.05, 3.63) is 70.7 Å². The number of fused-ring (bicyclic) bond motifs is 1. The number of hydrogen-bond donors (Lipinski definition) is 1. The van der Waals surface area contributed by atoms with Gasteiger partial charge in [0.1, 0.15) is 11.4 Å². The Balaban J connectivity index is 1.89. The summed E-state index contributed by atoms with van der Waals surface area (Å²) in [6, 6.07) is 12.2. The SMILES string of the molecule is NC(Cc1ccc(Cl)c(F)c1)c1coc2ccccc12. The zero-order valence-corrected chi connectivity index (χ0v) is 11.4. The minimum Gasteiger partial charge on any atom is -0.464 e. The van der Waals surface area contributed by atoms with E-state index in [1.54, 1.807) is 18.4 Å². The Kier molecular flexibility index (Phi) is 3.47. The molecule has 1 aromatic heterocycles. The molecule has 0 aliphatic carbocycles. The van der Waals surface area contributed by atoms with Crippen LogP contribution in [0.1, 0.15) is 17.2 Å². The van der Waals surface area contributed by atoms with Gasteiger partial charge in [-0.1, -0.05) is 35.9 Å². The number of rotatable bonds is 3. The largest absolute Gasteiger partial charge is 0.464 e. The molecular formula is C16H13ClFNO. The lowest BCUT2D eigenvalue weighted by Crippen LogP contribution is -2.13. The summed E-state index contributed by atoms with van der Waals surface area (Å²) in [7, 11) is 0. The predicted octanol–water partition coefficient (Wildman–Crippen LogP) is 4.47. The first-order valence-electron chi connectivity index (χ1n) is 6.31. The normalized spacial score (nSPS) is 12.8. The van der Waals surface area contributed by atoms with Gasteiger partial charge in [0.25, 0.3) is 0 Å². The monoisotopic (exact) mass is 289 g/mol. The maximum atomic E-state index is 13.4. The number of para-hydroxylation sites is 1. The average molecular weight is 290 g/mol. The van der Waals surface area contributed by atoms with Gasteiger partial charge in [-0.15, -0.1) is 0 Å². The molecule has 20 heavy (non-hydrogen) atoms. The summed E-state index contributed by atoms with van der Waals surface area (Å²) in [5.74, 6) is -0.423. The summed E-state index contributed by atoms with van der Waals surface area (Å²) in [4.78, 5) is 0. The van der Waals surface area contributed by atoms with Gasteiger partial charge in [-0.05, 0) is 30.2 Å². The topological polar surface area (TPSA) is 39.2 Å². The van der Waals surface area contributed by atoms with Crippen LogP contribution < -0.4 is 5.73 Å². The maximum Gasteiger partial charge on any atom is 0.142 e. The summed E-state index contributed by atoms with van der Waals surface area (Å²) in [5.41, 5.74) is 8.75. The molecule has 0 fully saturated rings. The molecular weight excluding hydrogens is 277 g/mol. The highest BCUT2D eigenvalue weighted by Gasteiger charge is 2.14. The lowest BCUT2D eigenvalue weighted by Gasteiger charge is -2.10. The maximum absolute atomic E-state index is 13.4. The van der Waals surface area contributed by atoms with Crippen LogP contribution >= 0.6 is 11.6 Å². The minimum atomic E-state index is -0.423. The molecule has 2 nitrogen and oxygen atoms in total. The van der Waals surface area contributed by atoms with E-state index in [0.717, 1.165) is 22.1 Å². The van der Waals surface area contributed by atoms with Gasteiger partial charge >= 0.3 is 0 Å². The number of nitrogens with two attached hydrogens (primary N) is 1. The molecule has 2 N–H and O–H groups in total. The Morgan fingerprint density at radius 2 is 2.00 bits per heavy atom. The van der Waals surface area contributed by atoms with Crippen molar-refractivity contribution in [2.24, 2.45) is 5.73 Å². The molecule has 0 aliphatic heterocycles. The van der Waals surface area contributed by atoms with E-state index in [4.69, 9.17) is 21.8 Å². The lowest BCUT2D eigenvalue weighted by atomic mass is 9.99. The number of furan rings is 1. The molecule has 1 atom stereocenters. The fourth-order valence-electron chi connectivity index (χ4n) is 2.32. The third kappa shape index (κ3) is 2.42. The Bertz CT molecular complexity index is 753. The Morgan fingerprint density at radius 1 is 1.20 bits per heavy atom. The summed E-state index contributed by atoms with van der Waals surface area (Å²) < 4.78 is 18.9. The van der Waals surface area contributed by atoms with Crippen molar-refractivity contribution in [3.63, 3.8) is 0 Å². The van der Waals surface area contributed by atoms with Crippen LogP contribution in [0.2, 0.25) is 5.02 Å². The van der Waals surface area contributed by atoms with Gasteiger partial charge in [-0.25, -0.2) is 4.39 Å². The van der Waals surface area contributed by atoms with Crippen LogP contribution in [0.5, 0.6) is 0 Å². The van der Waals surface area contributed by atoms with Crippen LogP contribution in [0.3, 0.4) is 0 Å². The van der Waals surface area contributed by atoms with E-state index < -0.39 is 5.82 Å². The summed E-state index contributed by atoms with van der Waals surface area (Å²) >= 11 is 5.67. The predicted molar refractivity (Wildman–Crippen MR) is 78.3 cm³/mol. The molecule has 4 heteroatoms. The highest BCUT2D eigenvalue weighted by molar-refractivity contribution is 6.30. The first-order valence-corrected chi connectivity index (χ1v) is 6.68. The Hall–Kier alpha value is -1.84. The first kappa shape index (κ1) is 13.2. The van der Waals surface area contributed by atoms with Crippen molar-refractivity contribution >= 4 is 22.6 Å². The third-order valence-corrected chi connectivity index (χ3v) is 3.66. The van der Waals surface area contributed by atoms with Crippen molar-refractivity contribution in [3.8, 4) is 0 Å². The van der Waals surface area contributed by atoms with Gasteiger partial charge in [0.2, 0.25) is 0 Å². The van der Waals surface area contributed by atoms with Crippen LogP contribution in [0.4, 0.5) is 4.39 Å². The van der Waals surface area contributed by atoms with Crippen LogP contribution in [-0.4, -0.2) is 0 Å². The quantitative estimate of drug-likeness (QED) is 0.773. The molecule has 0 saturated heterocycles. The van der Waals surface area contributed by atoms with E-state index in [0.29, 0.717) is 6.42 Å². The number of benzene rings is 2. The Morgan fingerprint density at radius 3 is 2.80 bits per heavy atom. The molecule has 0 radical (unpaired) electrons. The zero-order valence-electron chi connectivity index (χ0n) is 10.6. The van der Waals surface area contributed by atoms with Crippen molar-refractivity contribution in [2.75, 3.05) is 0 Å². The number of halogens is 2. The van der Waals surface area contributed by atoms with Crippen LogP contribution in [0, 0.1) is 5.82 Å². The fourth-order valence-corrected chi connectivity index (χ4v) is 2.43. The van der Waals surface area contributed by atoms with Crippen LogP contribution in [0.15, 0.2) is 53.1 Å². The average Bonchev–Trinajstić information content (AvgIpc) is 2.87. The third-order valence-electron chi connectivity index (χ3n) is 3.35. The molecule has 0 spiro atoms. The van der Waals surface area contributed by atoms with Gasteiger partial charge in [0.05, 0.1) is 11.3 Å². The molecule has 1 heterocycles. The molecule has 102 valence electrons. The first-order chi connectivity index (χ1) is 9.65. The van der Waals surface area contributed by atoms with Gasteiger partial charge in [-0.2, -0.15) is 0 Å². The second-order valence-electron chi connectivity index (χ2n) is 4.75. The number of hydrogen-bond acceptors (Lipinski definition) is 2. The van der Waals surface area contributed by atoms with Crippen molar-refractivity contribution in [1.29, 1.82) is 0 Å². The van der Waals surface area contributed by atoms with E-state index >= 15 is 0 Å². The molecule has 0 bridgehead atoms. The van der Waals surface area contributed by atoms with Crippen molar-refractivity contribution < 1.29 is 8.81 Å². The summed E-state index contributed by atoms with van der Waals surface area (Å²) in [5, 5.41) is 1.12. The molecule has 1 unspecified atom stereocenters. The molecule has 3 rings (SSSR count). The molecule has 3 aromatic rings. The second-order valence-corrected chi connectivity index (χ2v) is 5.15. The van der Waals surface area contributed by atoms with E-state index in [9.17, 15) is 4.39 Å². The highest BCUT2D eigenvalue weighted by Crippen LogP contribution is 2.27. The van der Waals surface area contributed by atoms with Gasteiger partial charge < -0.3 is 10.2 Å². The van der Waals surface area contributed by atoms with Crippen LogP contribution in [-0.2, 0) is 6.42 Å². The standard InChI is InChI=1S/C16H13ClFNO/c17-13-6-5-10(7-14(13)18)8-15(19)12-9-20-16-4-2-1-3-11(12)16/h1-7,9,15H,8,19H2. The zero-order chi connectivity index (χ0) is 14.1. The minimum absolute atomic E-state index is 0.121. The van der Waals surface area contributed by atoms with Gasteiger partial charge in [0, 0.05) is 17.0 Å². The Labute approximate surface area is 121 Å². The van der Waals surface area contributed by atoms with Gasteiger partial charge in [-0.3, -0.25) is 0 Å². The van der Waals surface area contributed by atoms with E-state index in [1.807, 2.05) is 24.3 Å².